The van der Waals surface area contributed by atoms with Crippen LogP contribution in [-0.2, 0) is 4.79 Å². The van der Waals surface area contributed by atoms with Gasteiger partial charge in [-0.15, -0.1) is 0 Å². The van der Waals surface area contributed by atoms with Crippen molar-refractivity contribution in [2.75, 3.05) is 7.11 Å². The lowest BCUT2D eigenvalue weighted by atomic mass is 9.46. The summed E-state index contributed by atoms with van der Waals surface area (Å²) in [6.45, 7) is 7.68. The third-order valence-corrected chi connectivity index (χ3v) is 8.10. The van der Waals surface area contributed by atoms with Gasteiger partial charge in [0.25, 0.3) is 0 Å². The molecule has 4 rings (SSSR count). The Hall–Kier alpha value is -0.630. The lowest BCUT2D eigenvalue weighted by Gasteiger charge is -2.58. The van der Waals surface area contributed by atoms with Gasteiger partial charge in [-0.05, 0) is 85.5 Å². The summed E-state index contributed by atoms with van der Waals surface area (Å²) in [5.74, 6) is 3.83. The molecule has 3 fully saturated rings. The number of aliphatic hydroxyl groups is 1. The highest BCUT2D eigenvalue weighted by atomic mass is 16.2. The van der Waals surface area contributed by atoms with Crippen molar-refractivity contribution in [2.24, 2.45) is 34.5 Å². The molecule has 4 aliphatic carbocycles. The zero-order valence-corrected chi connectivity index (χ0v) is 15.4. The average molecular weight is 319 g/mol. The number of carbonyl (C=O) groups is 1. The zero-order chi connectivity index (χ0) is 16.8. The van der Waals surface area contributed by atoms with Gasteiger partial charge < -0.3 is 5.11 Å². The van der Waals surface area contributed by atoms with Gasteiger partial charge in [-0.1, -0.05) is 26.3 Å². The van der Waals surface area contributed by atoms with Gasteiger partial charge in [0.15, 0.2) is 5.78 Å². The van der Waals surface area contributed by atoms with Crippen molar-refractivity contribution in [1.82, 2.24) is 0 Å². The van der Waals surface area contributed by atoms with Crippen molar-refractivity contribution in [3.05, 3.63) is 11.6 Å². The predicted octanol–water partition coefficient (Wildman–Crippen LogP) is 4.76. The van der Waals surface area contributed by atoms with Crippen molar-refractivity contribution < 1.29 is 9.90 Å². The number of ketones is 1. The maximum absolute atomic E-state index is 11.7. The molecule has 6 unspecified atom stereocenters. The molecule has 0 aromatic heterocycles. The van der Waals surface area contributed by atoms with Crippen LogP contribution in [0.2, 0.25) is 0 Å². The fourth-order valence-electron chi connectivity index (χ4n) is 7.14. The van der Waals surface area contributed by atoms with E-state index in [4.69, 9.17) is 5.11 Å². The first-order valence-electron chi connectivity index (χ1n) is 9.61. The highest BCUT2D eigenvalue weighted by Gasteiger charge is 2.60. The summed E-state index contributed by atoms with van der Waals surface area (Å²) >= 11 is 0. The van der Waals surface area contributed by atoms with Gasteiger partial charge in [-0.25, -0.2) is 0 Å². The molecule has 0 heterocycles. The number of hydrogen-bond donors (Lipinski definition) is 1. The number of allylic oxidation sites excluding steroid dienone is 1. The van der Waals surface area contributed by atoms with Crippen LogP contribution in [0.3, 0.4) is 0 Å². The summed E-state index contributed by atoms with van der Waals surface area (Å²) in [5.41, 5.74) is 2.66. The van der Waals surface area contributed by atoms with Gasteiger partial charge in [0.2, 0.25) is 0 Å². The van der Waals surface area contributed by atoms with Gasteiger partial charge in [0.05, 0.1) is 0 Å². The van der Waals surface area contributed by atoms with Crippen LogP contribution >= 0.6 is 0 Å². The first-order chi connectivity index (χ1) is 10.9. The van der Waals surface area contributed by atoms with Crippen molar-refractivity contribution >= 4 is 5.78 Å². The Balaban J connectivity index is 0.000000753. The van der Waals surface area contributed by atoms with E-state index in [2.05, 4.69) is 20.8 Å². The van der Waals surface area contributed by atoms with Gasteiger partial charge in [0, 0.05) is 13.5 Å². The van der Waals surface area contributed by atoms with Crippen LogP contribution in [-0.4, -0.2) is 18.0 Å². The highest BCUT2D eigenvalue weighted by Crippen LogP contribution is 2.69. The molecule has 0 amide bonds. The normalized spacial score (nSPS) is 48.4. The second-order valence-corrected chi connectivity index (χ2v) is 9.17. The molecule has 130 valence electrons. The van der Waals surface area contributed by atoms with Gasteiger partial charge in [0.1, 0.15) is 0 Å². The first-order valence-corrected chi connectivity index (χ1v) is 9.61. The number of aliphatic hydroxyl groups excluding tert-OH is 1. The second-order valence-electron chi connectivity index (χ2n) is 9.17. The van der Waals surface area contributed by atoms with E-state index in [0.29, 0.717) is 16.6 Å². The largest absolute Gasteiger partial charge is 0.400 e. The molecule has 0 saturated heterocycles. The number of rotatable bonds is 0. The average Bonchev–Trinajstić information content (AvgIpc) is 2.77. The molecule has 0 radical (unpaired) electrons. The Bertz CT molecular complexity index is 508. The predicted molar refractivity (Wildman–Crippen MR) is 94.0 cm³/mol. The maximum atomic E-state index is 11.7. The first kappa shape index (κ1) is 17.2. The Morgan fingerprint density at radius 1 is 1.09 bits per heavy atom. The molecule has 2 nitrogen and oxygen atoms in total. The molecule has 3 saturated carbocycles. The maximum Gasteiger partial charge on any atom is 0.155 e. The minimum atomic E-state index is 0.390. The van der Waals surface area contributed by atoms with E-state index in [1.807, 2.05) is 6.08 Å². The third-order valence-electron chi connectivity index (χ3n) is 8.10. The lowest BCUT2D eigenvalue weighted by molar-refractivity contribution is -0.116. The van der Waals surface area contributed by atoms with Crippen LogP contribution in [0.4, 0.5) is 0 Å². The van der Waals surface area contributed by atoms with Crippen LogP contribution in [0.1, 0.15) is 72.1 Å². The van der Waals surface area contributed by atoms with E-state index >= 15 is 0 Å². The molecule has 0 aromatic rings. The molecule has 23 heavy (non-hydrogen) atoms. The molecular weight excluding hydrogens is 284 g/mol. The second kappa shape index (κ2) is 6.02. The fourth-order valence-corrected chi connectivity index (χ4v) is 7.14. The molecule has 2 heteroatoms. The van der Waals surface area contributed by atoms with Gasteiger partial charge in [-0.2, -0.15) is 0 Å². The molecule has 0 spiro atoms. The van der Waals surface area contributed by atoms with Crippen LogP contribution in [0.15, 0.2) is 11.6 Å². The number of fused-ring (bicyclic) bond motifs is 5. The molecule has 4 aliphatic rings. The van der Waals surface area contributed by atoms with Crippen molar-refractivity contribution in [3.8, 4) is 0 Å². The molecule has 0 bridgehead atoms. The Morgan fingerprint density at radius 3 is 2.57 bits per heavy atom. The quantitative estimate of drug-likeness (QED) is 0.699. The van der Waals surface area contributed by atoms with E-state index in [1.54, 1.807) is 0 Å². The monoisotopic (exact) mass is 318 g/mol. The third kappa shape index (κ3) is 2.52. The molecule has 6 atom stereocenters. The van der Waals surface area contributed by atoms with Crippen molar-refractivity contribution in [1.29, 1.82) is 0 Å². The molecular formula is C21H34O2. The van der Waals surface area contributed by atoms with Crippen LogP contribution < -0.4 is 0 Å². The number of hydrogen-bond acceptors (Lipinski definition) is 2. The number of carbonyl (C=O) groups excluding carboxylic acids is 1. The van der Waals surface area contributed by atoms with Crippen LogP contribution in [0.25, 0.3) is 0 Å². The zero-order valence-electron chi connectivity index (χ0n) is 15.4. The summed E-state index contributed by atoms with van der Waals surface area (Å²) in [7, 11) is 1.00. The van der Waals surface area contributed by atoms with E-state index in [9.17, 15) is 4.79 Å². The summed E-state index contributed by atoms with van der Waals surface area (Å²) in [4.78, 5) is 11.7. The standard InChI is InChI=1S/C20H30O.CH4O/c1-13-11-19(2)9-8-17-16-6-5-15(21)10-14(16)4-7-18(17)20(19,3)12-13;1-2/h10,13,16-18H,4-9,11-12H2,1-3H3;2H,1H3. The molecule has 0 aliphatic heterocycles. The van der Waals surface area contributed by atoms with Gasteiger partial charge in [-0.3, -0.25) is 4.79 Å². The van der Waals surface area contributed by atoms with Crippen LogP contribution in [0, 0.1) is 34.5 Å². The Kier molecular flexibility index (Phi) is 4.50. The smallest absolute Gasteiger partial charge is 0.155 e. The molecule has 0 aromatic carbocycles. The summed E-state index contributed by atoms with van der Waals surface area (Å²) in [6.07, 6.45) is 12.3. The van der Waals surface area contributed by atoms with Crippen molar-refractivity contribution in [2.45, 2.75) is 72.1 Å². The van der Waals surface area contributed by atoms with E-state index in [1.165, 1.54) is 44.1 Å². The summed E-state index contributed by atoms with van der Waals surface area (Å²) in [6, 6.07) is 0. The van der Waals surface area contributed by atoms with Crippen LogP contribution in [0.5, 0.6) is 0 Å². The topological polar surface area (TPSA) is 37.3 Å². The summed E-state index contributed by atoms with van der Waals surface area (Å²) < 4.78 is 0. The molecule has 1 N–H and O–H groups in total. The van der Waals surface area contributed by atoms with Gasteiger partial charge >= 0.3 is 0 Å². The van der Waals surface area contributed by atoms with Crippen molar-refractivity contribution in [3.63, 3.8) is 0 Å². The lowest BCUT2D eigenvalue weighted by Crippen LogP contribution is -2.50. The minimum absolute atomic E-state index is 0.390. The van der Waals surface area contributed by atoms with E-state index < -0.39 is 0 Å². The minimum Gasteiger partial charge on any atom is -0.400 e. The summed E-state index contributed by atoms with van der Waals surface area (Å²) in [5, 5.41) is 7.00. The Labute approximate surface area is 141 Å². The van der Waals surface area contributed by atoms with E-state index in [0.717, 1.165) is 43.6 Å². The highest BCUT2D eigenvalue weighted by molar-refractivity contribution is 5.91. The van der Waals surface area contributed by atoms with E-state index in [-0.39, 0.29) is 0 Å². The SMILES string of the molecule is CC1CC2(C)CCC3C4CCC(=O)C=C4CCC3C2(C)C1.CO. The fraction of sp³-hybridized carbons (Fsp3) is 0.857. The Morgan fingerprint density at radius 2 is 1.83 bits per heavy atom.